The first-order chi connectivity index (χ1) is 9.32. The van der Waals surface area contributed by atoms with Gasteiger partial charge in [-0.25, -0.2) is 0 Å². The van der Waals surface area contributed by atoms with Crippen LogP contribution in [-0.2, 0) is 0 Å². The minimum atomic E-state index is -0.494. The van der Waals surface area contributed by atoms with Crippen molar-refractivity contribution in [2.24, 2.45) is 5.73 Å². The van der Waals surface area contributed by atoms with E-state index < -0.39 is 4.92 Å². The first-order valence-corrected chi connectivity index (χ1v) is 6.76. The first kappa shape index (κ1) is 14.5. The zero-order chi connectivity index (χ0) is 14.9. The number of nitrogens with one attached hydrogen (secondary N) is 1. The van der Waals surface area contributed by atoms with Crippen molar-refractivity contribution < 1.29 is 9.72 Å². The molecule has 0 spiro atoms. The molecule has 2 rings (SSSR count). The fraction of sp³-hybridized carbons (Fsp3) is 0.615. The van der Waals surface area contributed by atoms with Gasteiger partial charge in [0.25, 0.3) is 11.6 Å². The van der Waals surface area contributed by atoms with Crippen LogP contribution in [-0.4, -0.2) is 27.5 Å². The Balaban J connectivity index is 2.13. The third-order valence-corrected chi connectivity index (χ3v) is 3.78. The van der Waals surface area contributed by atoms with Gasteiger partial charge in [0.1, 0.15) is 5.69 Å². The van der Waals surface area contributed by atoms with Crippen LogP contribution in [0.5, 0.6) is 0 Å². The van der Waals surface area contributed by atoms with Crippen molar-refractivity contribution in [1.82, 2.24) is 9.88 Å². The molecule has 1 amide bonds. The van der Waals surface area contributed by atoms with Gasteiger partial charge in [-0.2, -0.15) is 0 Å². The van der Waals surface area contributed by atoms with Crippen LogP contribution in [0.4, 0.5) is 5.69 Å². The van der Waals surface area contributed by atoms with Gasteiger partial charge in [0, 0.05) is 24.2 Å². The van der Waals surface area contributed by atoms with Crippen molar-refractivity contribution in [3.05, 3.63) is 28.1 Å². The maximum Gasteiger partial charge on any atom is 0.287 e. The SMILES string of the molecule is CC(C)n1cc([N+](=O)[O-])cc1C(=O)NCC1(N)CCC1. The van der Waals surface area contributed by atoms with Crippen LogP contribution in [0, 0.1) is 10.1 Å². The average molecular weight is 280 g/mol. The molecule has 1 aromatic heterocycles. The molecule has 1 aliphatic rings. The summed E-state index contributed by atoms with van der Waals surface area (Å²) in [4.78, 5) is 22.5. The third-order valence-electron chi connectivity index (χ3n) is 3.78. The molecule has 1 heterocycles. The number of nitrogens with two attached hydrogens (primary N) is 1. The van der Waals surface area contributed by atoms with Gasteiger partial charge in [-0.05, 0) is 33.1 Å². The van der Waals surface area contributed by atoms with Gasteiger partial charge in [0.15, 0.2) is 0 Å². The van der Waals surface area contributed by atoms with Crippen LogP contribution in [0.1, 0.15) is 49.6 Å². The summed E-state index contributed by atoms with van der Waals surface area (Å²) < 4.78 is 1.61. The number of nitro groups is 1. The zero-order valence-electron chi connectivity index (χ0n) is 11.8. The Labute approximate surface area is 117 Å². The summed E-state index contributed by atoms with van der Waals surface area (Å²) in [6.45, 7) is 4.15. The third kappa shape index (κ3) is 2.82. The van der Waals surface area contributed by atoms with Gasteiger partial charge in [-0.3, -0.25) is 14.9 Å². The van der Waals surface area contributed by atoms with E-state index >= 15 is 0 Å². The van der Waals surface area contributed by atoms with E-state index in [9.17, 15) is 14.9 Å². The van der Waals surface area contributed by atoms with Crippen LogP contribution >= 0.6 is 0 Å². The van der Waals surface area contributed by atoms with E-state index in [2.05, 4.69) is 5.32 Å². The summed E-state index contributed by atoms with van der Waals surface area (Å²) in [5.41, 5.74) is 5.97. The highest BCUT2D eigenvalue weighted by atomic mass is 16.6. The van der Waals surface area contributed by atoms with Gasteiger partial charge in [-0.15, -0.1) is 0 Å². The lowest BCUT2D eigenvalue weighted by atomic mass is 9.78. The van der Waals surface area contributed by atoms with Crippen LogP contribution in [0.3, 0.4) is 0 Å². The average Bonchev–Trinajstić information content (AvgIpc) is 2.79. The molecule has 1 aliphatic carbocycles. The topological polar surface area (TPSA) is 103 Å². The molecule has 0 bridgehead atoms. The lowest BCUT2D eigenvalue weighted by molar-refractivity contribution is -0.384. The van der Waals surface area contributed by atoms with Gasteiger partial charge < -0.3 is 15.6 Å². The Bertz CT molecular complexity index is 532. The van der Waals surface area contributed by atoms with Crippen molar-refractivity contribution in [1.29, 1.82) is 0 Å². The van der Waals surface area contributed by atoms with E-state index in [4.69, 9.17) is 5.73 Å². The van der Waals surface area contributed by atoms with Gasteiger partial charge in [0.2, 0.25) is 0 Å². The number of nitrogens with zero attached hydrogens (tertiary/aromatic N) is 2. The predicted molar refractivity (Wildman–Crippen MR) is 74.6 cm³/mol. The maximum absolute atomic E-state index is 12.2. The van der Waals surface area contributed by atoms with Crippen LogP contribution in [0.2, 0.25) is 0 Å². The number of aromatic nitrogens is 1. The first-order valence-electron chi connectivity index (χ1n) is 6.76. The molecule has 0 unspecified atom stereocenters. The van der Waals surface area contributed by atoms with E-state index in [1.54, 1.807) is 4.57 Å². The molecule has 0 radical (unpaired) electrons. The van der Waals surface area contributed by atoms with Crippen molar-refractivity contribution in [2.75, 3.05) is 6.54 Å². The normalized spacial score (nSPS) is 16.8. The Morgan fingerprint density at radius 3 is 2.70 bits per heavy atom. The minimum absolute atomic E-state index is 0.0278. The fourth-order valence-corrected chi connectivity index (χ4v) is 2.33. The molecule has 1 saturated carbocycles. The number of hydrogen-bond donors (Lipinski definition) is 2. The van der Waals surface area contributed by atoms with Crippen LogP contribution < -0.4 is 11.1 Å². The summed E-state index contributed by atoms with van der Waals surface area (Å²) in [6.07, 6.45) is 4.28. The lowest BCUT2D eigenvalue weighted by Crippen LogP contribution is -2.55. The molecule has 3 N–H and O–H groups in total. The molecular formula is C13H20N4O3. The number of amides is 1. The van der Waals surface area contributed by atoms with Crippen molar-refractivity contribution in [3.63, 3.8) is 0 Å². The second kappa shape index (κ2) is 5.24. The summed E-state index contributed by atoms with van der Waals surface area (Å²) in [6, 6.07) is 1.28. The number of rotatable bonds is 5. The van der Waals surface area contributed by atoms with E-state index in [0.717, 1.165) is 19.3 Å². The summed E-state index contributed by atoms with van der Waals surface area (Å²) in [5.74, 6) is -0.316. The maximum atomic E-state index is 12.2. The molecule has 7 nitrogen and oxygen atoms in total. The number of carbonyl (C=O) groups excluding carboxylic acids is 1. The van der Waals surface area contributed by atoms with Gasteiger partial charge in [-0.1, -0.05) is 0 Å². The highest BCUT2D eigenvalue weighted by Gasteiger charge is 2.33. The van der Waals surface area contributed by atoms with Crippen LogP contribution in [0.15, 0.2) is 12.3 Å². The fourth-order valence-electron chi connectivity index (χ4n) is 2.33. The molecule has 0 atom stereocenters. The summed E-state index contributed by atoms with van der Waals surface area (Å²) in [5, 5.41) is 13.6. The molecule has 0 aliphatic heterocycles. The molecular weight excluding hydrogens is 260 g/mol. The zero-order valence-corrected chi connectivity index (χ0v) is 11.8. The standard InChI is InChI=1S/C13H20N4O3/c1-9(2)16-7-10(17(19)20)6-11(16)12(18)15-8-13(14)4-3-5-13/h6-7,9H,3-5,8,14H2,1-2H3,(H,15,18). The highest BCUT2D eigenvalue weighted by Crippen LogP contribution is 2.28. The Morgan fingerprint density at radius 2 is 2.25 bits per heavy atom. The quantitative estimate of drug-likeness (QED) is 0.631. The number of carbonyl (C=O) groups is 1. The largest absolute Gasteiger partial charge is 0.349 e. The summed E-state index contributed by atoms with van der Waals surface area (Å²) in [7, 11) is 0. The van der Waals surface area contributed by atoms with Crippen molar-refractivity contribution in [2.45, 2.75) is 44.7 Å². The molecule has 0 saturated heterocycles. The lowest BCUT2D eigenvalue weighted by Gasteiger charge is -2.38. The molecule has 20 heavy (non-hydrogen) atoms. The van der Waals surface area contributed by atoms with E-state index in [1.165, 1.54) is 12.3 Å². The minimum Gasteiger partial charge on any atom is -0.349 e. The van der Waals surface area contributed by atoms with Crippen LogP contribution in [0.25, 0.3) is 0 Å². The smallest absolute Gasteiger partial charge is 0.287 e. The number of hydrogen-bond acceptors (Lipinski definition) is 4. The Kier molecular flexibility index (Phi) is 3.80. The molecule has 1 fully saturated rings. The molecule has 7 heteroatoms. The molecule has 1 aromatic rings. The van der Waals surface area contributed by atoms with Gasteiger partial charge >= 0.3 is 0 Å². The second-order valence-electron chi connectivity index (χ2n) is 5.74. The van der Waals surface area contributed by atoms with Crippen molar-refractivity contribution in [3.8, 4) is 0 Å². The van der Waals surface area contributed by atoms with Gasteiger partial charge in [0.05, 0.1) is 11.1 Å². The summed E-state index contributed by atoms with van der Waals surface area (Å²) >= 11 is 0. The molecule has 110 valence electrons. The van der Waals surface area contributed by atoms with E-state index in [0.29, 0.717) is 12.2 Å². The Hall–Kier alpha value is -1.89. The highest BCUT2D eigenvalue weighted by molar-refractivity contribution is 5.93. The predicted octanol–water partition coefficient (Wildman–Crippen LogP) is 1.59. The van der Waals surface area contributed by atoms with E-state index in [1.807, 2.05) is 13.8 Å². The molecule has 0 aromatic carbocycles. The monoisotopic (exact) mass is 280 g/mol. The van der Waals surface area contributed by atoms with E-state index in [-0.39, 0.29) is 23.2 Å². The second-order valence-corrected chi connectivity index (χ2v) is 5.74. The van der Waals surface area contributed by atoms with Crippen molar-refractivity contribution >= 4 is 11.6 Å². The Morgan fingerprint density at radius 1 is 1.60 bits per heavy atom.